The Hall–Kier alpha value is -7.48. The Labute approximate surface area is 402 Å². The minimum Gasteiger partial charge on any atom is -0.508 e. The van der Waals surface area contributed by atoms with Crippen LogP contribution in [0.1, 0.15) is 56.1 Å². The number of carbonyl (C=O) groups is 10. The molecular weight excluding hydrogens is 921 g/mol. The van der Waals surface area contributed by atoms with Crippen molar-refractivity contribution in [3.05, 3.63) is 65.7 Å². The lowest BCUT2D eigenvalue weighted by molar-refractivity contribution is -0.142. The molecule has 0 spiro atoms. The van der Waals surface area contributed by atoms with Crippen LogP contribution in [0.15, 0.2) is 59.6 Å². The minimum atomic E-state index is -1.76. The molecule has 7 atom stereocenters. The lowest BCUT2D eigenvalue weighted by atomic mass is 10.0. The first kappa shape index (κ1) is 55.8. The summed E-state index contributed by atoms with van der Waals surface area (Å²) in [6.45, 7) is -0.339. The van der Waals surface area contributed by atoms with E-state index in [1.54, 1.807) is 42.5 Å². The molecule has 0 bridgehead atoms. The number of hydrogen-bond acceptors (Lipinski definition) is 14. The first-order valence-corrected chi connectivity index (χ1v) is 22.5. The molecule has 1 saturated heterocycles. The second-order valence-corrected chi connectivity index (χ2v) is 16.5. The van der Waals surface area contributed by atoms with Gasteiger partial charge in [0.05, 0.1) is 19.0 Å². The molecule has 10 amide bonds. The zero-order valence-electron chi connectivity index (χ0n) is 37.8. The van der Waals surface area contributed by atoms with Gasteiger partial charge in [0.15, 0.2) is 5.96 Å². The maximum absolute atomic E-state index is 14.0. The van der Waals surface area contributed by atoms with E-state index >= 15 is 0 Å². The van der Waals surface area contributed by atoms with Crippen LogP contribution in [0.3, 0.4) is 0 Å². The summed E-state index contributed by atoms with van der Waals surface area (Å²) in [5.41, 5.74) is 34.2. The van der Waals surface area contributed by atoms with Crippen molar-refractivity contribution in [2.24, 2.45) is 39.4 Å². The monoisotopic (exact) mass is 982 g/mol. The summed E-state index contributed by atoms with van der Waals surface area (Å²) in [6.07, 6.45) is -0.890. The average Bonchev–Trinajstić information content (AvgIpc) is 3.80. The van der Waals surface area contributed by atoms with Gasteiger partial charge < -0.3 is 76.3 Å². The van der Waals surface area contributed by atoms with Gasteiger partial charge in [-0.2, -0.15) is 12.6 Å². The van der Waals surface area contributed by atoms with Crippen LogP contribution in [-0.4, -0.2) is 143 Å². The fourth-order valence-corrected chi connectivity index (χ4v) is 7.37. The molecule has 0 aliphatic carbocycles. The number of nitrogens with two attached hydrogens (primary N) is 6. The number of aromatic hydroxyl groups is 1. The zero-order chi connectivity index (χ0) is 51.2. The minimum absolute atomic E-state index is 0.00899. The van der Waals surface area contributed by atoms with E-state index in [-0.39, 0.29) is 62.7 Å². The van der Waals surface area contributed by atoms with Crippen molar-refractivity contribution in [1.29, 1.82) is 0 Å². The molecule has 1 aliphatic rings. The van der Waals surface area contributed by atoms with E-state index in [4.69, 9.17) is 34.4 Å². The second kappa shape index (κ2) is 28.0. The summed E-state index contributed by atoms with van der Waals surface area (Å²) in [4.78, 5) is 136. The summed E-state index contributed by atoms with van der Waals surface area (Å²) in [7, 11) is 0. The fraction of sp³-hybridized carbons (Fsp3) is 0.465. The highest BCUT2D eigenvalue weighted by atomic mass is 32.1. The molecule has 26 heteroatoms. The van der Waals surface area contributed by atoms with Crippen molar-refractivity contribution in [3.8, 4) is 5.75 Å². The van der Waals surface area contributed by atoms with E-state index in [2.05, 4.69) is 49.5 Å². The standard InChI is InChI=1S/C43H62N14O11S/c44-26(18-24-10-12-25(58)13-11-24)36(62)54-29(19-23-6-2-1-3-7-23)39(65)52-28(14-15-33(45)59)38(64)55-30(20-34(46)60)40(66)56-31(22-69)42(68)57-17-5-9-32(57)41(67)53-27(8-4-16-50-43(48)49)37(63)51-21-35(47)61/h1-3,6-7,10-13,26-32,58,69H,4-5,8-9,14-22,44H2,(H2,45,59)(H2,46,60)(H2,47,61)(H,51,63)(H,52,65)(H,53,67)(H,54,62)(H,55,64)(H,56,66)(H4,48,49,50)/t26-,27+,28-,29-,30-,31-,32-/m0/s1. The molecule has 376 valence electrons. The van der Waals surface area contributed by atoms with Crippen molar-refractivity contribution in [2.45, 2.75) is 100 Å². The Bertz CT molecular complexity index is 2180. The number of benzene rings is 2. The van der Waals surface area contributed by atoms with Crippen molar-refractivity contribution >= 4 is 77.7 Å². The second-order valence-electron chi connectivity index (χ2n) is 16.2. The molecule has 1 aliphatic heterocycles. The van der Waals surface area contributed by atoms with E-state index in [0.717, 1.165) is 0 Å². The third-order valence-electron chi connectivity index (χ3n) is 10.6. The number of phenols is 1. The van der Waals surface area contributed by atoms with E-state index in [0.29, 0.717) is 17.5 Å². The molecule has 0 radical (unpaired) electrons. The fourth-order valence-electron chi connectivity index (χ4n) is 7.13. The Balaban J connectivity index is 1.79. The van der Waals surface area contributed by atoms with Gasteiger partial charge in [-0.1, -0.05) is 42.5 Å². The largest absolute Gasteiger partial charge is 0.508 e. The van der Waals surface area contributed by atoms with E-state index < -0.39 is 127 Å². The first-order valence-electron chi connectivity index (χ1n) is 21.9. The summed E-state index contributed by atoms with van der Waals surface area (Å²) in [5.74, 6) is -9.25. The van der Waals surface area contributed by atoms with E-state index in [1.165, 1.54) is 17.0 Å². The van der Waals surface area contributed by atoms with Crippen LogP contribution in [-0.2, 0) is 60.8 Å². The van der Waals surface area contributed by atoms with Gasteiger partial charge >= 0.3 is 0 Å². The highest BCUT2D eigenvalue weighted by molar-refractivity contribution is 7.80. The Morgan fingerprint density at radius 1 is 0.667 bits per heavy atom. The number of amides is 10. The van der Waals surface area contributed by atoms with Crippen molar-refractivity contribution in [2.75, 3.05) is 25.4 Å². The van der Waals surface area contributed by atoms with Gasteiger partial charge in [0, 0.05) is 31.7 Å². The van der Waals surface area contributed by atoms with Crippen molar-refractivity contribution < 1.29 is 53.1 Å². The molecular formula is C43H62N14O11S. The normalized spacial score (nSPS) is 15.6. The molecule has 3 rings (SSSR count). The number of likely N-dealkylation sites (tertiary alicyclic amines) is 1. The Morgan fingerprint density at radius 3 is 1.86 bits per heavy atom. The first-order chi connectivity index (χ1) is 32.7. The number of phenolic OH excluding ortho intramolecular Hbond substituents is 1. The zero-order valence-corrected chi connectivity index (χ0v) is 38.7. The Kier molecular flexibility index (Phi) is 22.7. The van der Waals surface area contributed by atoms with Crippen LogP contribution in [0.4, 0.5) is 0 Å². The third kappa shape index (κ3) is 19.3. The number of aliphatic imine (C=N–C) groups is 1. The number of carbonyl (C=O) groups excluding carboxylic acids is 10. The number of rotatable bonds is 28. The maximum atomic E-state index is 14.0. The van der Waals surface area contributed by atoms with Crippen LogP contribution >= 0.6 is 12.6 Å². The Morgan fingerprint density at radius 2 is 1.25 bits per heavy atom. The topological polar surface area (TPSA) is 435 Å². The van der Waals surface area contributed by atoms with Gasteiger partial charge in [-0.05, 0) is 61.8 Å². The molecule has 0 saturated carbocycles. The lowest BCUT2D eigenvalue weighted by Crippen LogP contribution is -2.60. The molecule has 0 aromatic heterocycles. The van der Waals surface area contributed by atoms with Gasteiger partial charge in [-0.25, -0.2) is 0 Å². The quantitative estimate of drug-likeness (QED) is 0.0164. The molecule has 0 unspecified atom stereocenters. The van der Waals surface area contributed by atoms with Gasteiger partial charge in [0.25, 0.3) is 0 Å². The van der Waals surface area contributed by atoms with Gasteiger partial charge in [-0.15, -0.1) is 0 Å². The summed E-state index contributed by atoms with van der Waals surface area (Å²) >= 11 is 4.23. The van der Waals surface area contributed by atoms with E-state index in [9.17, 15) is 53.1 Å². The van der Waals surface area contributed by atoms with Crippen LogP contribution < -0.4 is 66.3 Å². The number of primary amides is 3. The van der Waals surface area contributed by atoms with Gasteiger partial charge in [0.1, 0.15) is 42.0 Å². The van der Waals surface area contributed by atoms with Crippen molar-refractivity contribution in [1.82, 2.24) is 36.8 Å². The maximum Gasteiger partial charge on any atom is 0.246 e. The molecule has 69 heavy (non-hydrogen) atoms. The summed E-state index contributed by atoms with van der Waals surface area (Å²) in [6, 6.07) is 4.96. The third-order valence-corrected chi connectivity index (χ3v) is 11.0. The number of guanidine groups is 1. The van der Waals surface area contributed by atoms with Crippen LogP contribution in [0.5, 0.6) is 5.75 Å². The number of nitrogens with one attached hydrogen (secondary N) is 6. The van der Waals surface area contributed by atoms with Crippen molar-refractivity contribution in [3.63, 3.8) is 0 Å². The summed E-state index contributed by atoms with van der Waals surface area (Å²) in [5, 5.41) is 24.4. The summed E-state index contributed by atoms with van der Waals surface area (Å²) < 4.78 is 0. The van der Waals surface area contributed by atoms with Crippen LogP contribution in [0, 0.1) is 0 Å². The number of hydrogen-bond donors (Lipinski definition) is 14. The molecule has 25 nitrogen and oxygen atoms in total. The van der Waals surface area contributed by atoms with E-state index in [1.807, 2.05) is 0 Å². The van der Waals surface area contributed by atoms with Gasteiger partial charge in [-0.3, -0.25) is 52.9 Å². The lowest BCUT2D eigenvalue weighted by Gasteiger charge is -2.30. The molecule has 1 heterocycles. The predicted molar refractivity (Wildman–Crippen MR) is 253 cm³/mol. The smallest absolute Gasteiger partial charge is 0.246 e. The van der Waals surface area contributed by atoms with Crippen LogP contribution in [0.2, 0.25) is 0 Å². The number of nitrogens with zero attached hydrogens (tertiary/aromatic N) is 2. The molecule has 19 N–H and O–H groups in total. The highest BCUT2D eigenvalue weighted by Gasteiger charge is 2.40. The van der Waals surface area contributed by atoms with Crippen LogP contribution in [0.25, 0.3) is 0 Å². The highest BCUT2D eigenvalue weighted by Crippen LogP contribution is 2.20. The SMILES string of the molecule is NC(=O)CC[C@H](NC(=O)[C@H](Cc1ccccc1)NC(=O)[C@@H](N)Cc1ccc(O)cc1)C(=O)N[C@@H](CC(N)=O)C(=O)N[C@@H](CS)C(=O)N1CCC[C@H]1C(=O)N[C@H](CCCN=C(N)N)C(=O)NCC(N)=O. The average molecular weight is 983 g/mol. The molecule has 1 fully saturated rings. The van der Waals surface area contributed by atoms with Gasteiger partial charge in [0.2, 0.25) is 59.1 Å². The number of thiol groups is 1. The molecule has 2 aromatic rings. The predicted octanol–water partition coefficient (Wildman–Crippen LogP) is -5.35. The molecule has 2 aromatic carbocycles.